The number of aliphatic hydroxyl groups excluding tert-OH is 1. The van der Waals surface area contributed by atoms with E-state index in [1.165, 1.54) is 20.3 Å². The maximum Gasteiger partial charge on any atom is 0.240 e. The number of para-hydroxylation sites is 1. The van der Waals surface area contributed by atoms with Gasteiger partial charge in [0.05, 0.1) is 19.8 Å². The third-order valence-corrected chi connectivity index (χ3v) is 11.4. The average Bonchev–Trinajstić information content (AvgIpc) is 3.41. The lowest BCUT2D eigenvalue weighted by atomic mass is 9.45. The fourth-order valence-corrected chi connectivity index (χ4v) is 8.51. The monoisotopic (exact) mass is 677 g/mol. The lowest BCUT2D eigenvalue weighted by molar-refractivity contribution is -0.177. The van der Waals surface area contributed by atoms with Gasteiger partial charge in [-0.15, -0.1) is 0 Å². The Kier molecular flexibility index (Phi) is 11.0. The zero-order valence-corrected chi connectivity index (χ0v) is 30.5. The summed E-state index contributed by atoms with van der Waals surface area (Å²) >= 11 is 0. The number of hydroxylamine groups is 2. The summed E-state index contributed by atoms with van der Waals surface area (Å²) in [6.07, 6.45) is 0.652. The molecule has 8 atom stereocenters. The molecule has 11 heteroatoms. The molecule has 4 fully saturated rings. The van der Waals surface area contributed by atoms with Gasteiger partial charge in [0.1, 0.15) is 17.9 Å². The first-order valence-corrected chi connectivity index (χ1v) is 17.5. The summed E-state index contributed by atoms with van der Waals surface area (Å²) in [6, 6.07) is 11.3. The molecular weight excluding hydrogens is 622 g/mol. The van der Waals surface area contributed by atoms with Gasteiger partial charge in [0, 0.05) is 69.8 Å². The largest absolute Gasteiger partial charge is 0.496 e. The maximum atomic E-state index is 14.3. The highest BCUT2D eigenvalue weighted by Crippen LogP contribution is 2.61. The molecule has 1 unspecified atom stereocenters. The number of rotatable bonds is 12. The molecule has 1 saturated heterocycles. The number of hydrogen-bond donors (Lipinski definition) is 4. The SMILES string of the molecule is COc1c(CN2O[C@@H](CNC(C)=O)C([C@H](C)O)[C@H]2C(=O)N[C@H]2C[C@H]3C[C@@H]([C@@H]2C)C3(C)C)cccc1-c1cc(CNC(C)=O)cc(N(C)C)c1. The van der Waals surface area contributed by atoms with Crippen LogP contribution in [0.25, 0.3) is 11.1 Å². The number of aliphatic hydroxyl groups is 1. The number of ether oxygens (including phenoxy) is 1. The smallest absolute Gasteiger partial charge is 0.240 e. The summed E-state index contributed by atoms with van der Waals surface area (Å²) in [7, 11) is 5.57. The van der Waals surface area contributed by atoms with Gasteiger partial charge in [-0.25, -0.2) is 0 Å². The molecule has 4 N–H and O–H groups in total. The Morgan fingerprint density at radius 1 is 1.10 bits per heavy atom. The van der Waals surface area contributed by atoms with Crippen molar-refractivity contribution in [3.63, 3.8) is 0 Å². The van der Waals surface area contributed by atoms with Crippen LogP contribution >= 0.6 is 0 Å². The van der Waals surface area contributed by atoms with Crippen molar-refractivity contribution in [2.75, 3.05) is 32.6 Å². The number of carbonyl (C=O) groups is 3. The molecule has 2 aromatic carbocycles. The Morgan fingerprint density at radius 3 is 2.41 bits per heavy atom. The number of fused-ring (bicyclic) bond motifs is 2. The number of carbonyl (C=O) groups excluding carboxylic acids is 3. The van der Waals surface area contributed by atoms with Crippen molar-refractivity contribution in [3.8, 4) is 16.9 Å². The first-order valence-electron chi connectivity index (χ1n) is 17.5. The van der Waals surface area contributed by atoms with Crippen LogP contribution in [0.5, 0.6) is 5.75 Å². The van der Waals surface area contributed by atoms with Crippen LogP contribution in [-0.2, 0) is 32.3 Å². The number of anilines is 1. The Bertz CT molecular complexity index is 1540. The molecule has 3 aliphatic carbocycles. The van der Waals surface area contributed by atoms with Gasteiger partial charge < -0.3 is 30.7 Å². The molecule has 6 rings (SSSR count). The highest BCUT2D eigenvalue weighted by Gasteiger charge is 2.57. The van der Waals surface area contributed by atoms with Crippen molar-refractivity contribution in [3.05, 3.63) is 47.5 Å². The molecule has 1 heterocycles. The fourth-order valence-electron chi connectivity index (χ4n) is 8.51. The number of nitrogens with zero attached hydrogens (tertiary/aromatic N) is 2. The Labute approximate surface area is 291 Å². The van der Waals surface area contributed by atoms with Crippen LogP contribution in [0.2, 0.25) is 0 Å². The molecule has 2 aromatic rings. The number of hydrogen-bond acceptors (Lipinski definition) is 8. The number of methoxy groups -OCH3 is 1. The molecule has 3 amide bonds. The second kappa shape index (κ2) is 14.7. The molecular formula is C38H55N5O6. The molecule has 11 nitrogen and oxygen atoms in total. The zero-order chi connectivity index (χ0) is 35.8. The van der Waals surface area contributed by atoms with Crippen LogP contribution in [0.3, 0.4) is 0 Å². The van der Waals surface area contributed by atoms with Crippen LogP contribution in [0.15, 0.2) is 36.4 Å². The van der Waals surface area contributed by atoms with Crippen molar-refractivity contribution < 1.29 is 29.1 Å². The Morgan fingerprint density at radius 2 is 1.82 bits per heavy atom. The topological polar surface area (TPSA) is 132 Å². The van der Waals surface area contributed by atoms with Crippen molar-refractivity contribution in [2.24, 2.45) is 29.1 Å². The van der Waals surface area contributed by atoms with Gasteiger partial charge in [-0.1, -0.05) is 39.0 Å². The van der Waals surface area contributed by atoms with Crippen molar-refractivity contribution in [1.29, 1.82) is 0 Å². The molecule has 4 aliphatic rings. The van der Waals surface area contributed by atoms with Crippen LogP contribution in [0.1, 0.15) is 65.5 Å². The van der Waals surface area contributed by atoms with Crippen LogP contribution in [0.4, 0.5) is 5.69 Å². The van der Waals surface area contributed by atoms with Crippen LogP contribution < -0.4 is 25.6 Å². The van der Waals surface area contributed by atoms with E-state index in [4.69, 9.17) is 9.57 Å². The minimum absolute atomic E-state index is 0.0451. The first-order chi connectivity index (χ1) is 23.1. The number of nitrogens with one attached hydrogen (secondary N) is 3. The van der Waals surface area contributed by atoms with Gasteiger partial charge in [0.2, 0.25) is 17.7 Å². The van der Waals surface area contributed by atoms with Gasteiger partial charge >= 0.3 is 0 Å². The molecule has 0 radical (unpaired) electrons. The molecule has 49 heavy (non-hydrogen) atoms. The predicted octanol–water partition coefficient (Wildman–Crippen LogP) is 3.87. The molecule has 2 bridgehead atoms. The minimum Gasteiger partial charge on any atom is -0.496 e. The van der Waals surface area contributed by atoms with Crippen LogP contribution in [-0.4, -0.2) is 79.9 Å². The average molecular weight is 678 g/mol. The third kappa shape index (κ3) is 7.59. The van der Waals surface area contributed by atoms with Gasteiger partial charge in [0.15, 0.2) is 0 Å². The normalized spacial score (nSPS) is 27.8. The zero-order valence-electron chi connectivity index (χ0n) is 30.5. The van der Waals surface area contributed by atoms with E-state index in [9.17, 15) is 19.5 Å². The highest BCUT2D eigenvalue weighted by molar-refractivity contribution is 5.83. The number of amides is 3. The van der Waals surface area contributed by atoms with Gasteiger partial charge in [-0.2, -0.15) is 5.06 Å². The molecule has 268 valence electrons. The molecule has 3 saturated carbocycles. The van der Waals surface area contributed by atoms with E-state index in [1.54, 1.807) is 19.1 Å². The van der Waals surface area contributed by atoms with Gasteiger partial charge in [0.25, 0.3) is 0 Å². The number of benzene rings is 2. The maximum absolute atomic E-state index is 14.3. The first kappa shape index (κ1) is 36.6. The third-order valence-electron chi connectivity index (χ3n) is 11.4. The summed E-state index contributed by atoms with van der Waals surface area (Å²) in [6.45, 7) is 12.3. The van der Waals surface area contributed by atoms with E-state index >= 15 is 0 Å². The highest BCUT2D eigenvalue weighted by atomic mass is 16.7. The Hall–Kier alpha value is -3.67. The fraction of sp³-hybridized carbons (Fsp3) is 0.605. The van der Waals surface area contributed by atoms with E-state index in [0.717, 1.165) is 34.4 Å². The van der Waals surface area contributed by atoms with Gasteiger partial charge in [-0.3, -0.25) is 19.2 Å². The molecule has 0 spiro atoms. The summed E-state index contributed by atoms with van der Waals surface area (Å²) in [5.74, 6) is 1.03. The Balaban J connectivity index is 1.47. The summed E-state index contributed by atoms with van der Waals surface area (Å²) in [5.41, 5.74) is 4.78. The lowest BCUT2D eigenvalue weighted by Gasteiger charge is -2.62. The summed E-state index contributed by atoms with van der Waals surface area (Å²) in [5, 5.41) is 21.8. The molecule has 1 aliphatic heterocycles. The van der Waals surface area contributed by atoms with E-state index in [1.807, 2.05) is 49.3 Å². The quantitative estimate of drug-likeness (QED) is 0.266. The van der Waals surface area contributed by atoms with E-state index in [0.29, 0.717) is 30.0 Å². The van der Waals surface area contributed by atoms with E-state index in [-0.39, 0.29) is 42.3 Å². The summed E-state index contributed by atoms with van der Waals surface area (Å²) < 4.78 is 6.05. The van der Waals surface area contributed by atoms with Gasteiger partial charge in [-0.05, 0) is 72.3 Å². The van der Waals surface area contributed by atoms with Crippen molar-refractivity contribution >= 4 is 23.4 Å². The molecule has 0 aromatic heterocycles. The lowest BCUT2D eigenvalue weighted by Crippen LogP contribution is -2.62. The summed E-state index contributed by atoms with van der Waals surface area (Å²) in [4.78, 5) is 46.4. The minimum atomic E-state index is -0.875. The second-order valence-corrected chi connectivity index (χ2v) is 15.2. The van der Waals surface area contributed by atoms with E-state index in [2.05, 4.69) is 42.8 Å². The van der Waals surface area contributed by atoms with Crippen LogP contribution in [0, 0.1) is 29.1 Å². The predicted molar refractivity (Wildman–Crippen MR) is 189 cm³/mol. The van der Waals surface area contributed by atoms with E-state index < -0.39 is 24.2 Å². The second-order valence-electron chi connectivity index (χ2n) is 15.2. The van der Waals surface area contributed by atoms with Crippen molar-refractivity contribution in [2.45, 2.75) is 91.8 Å². The standard InChI is InChI=1S/C38H55N5O6/c1-21-31-16-28(38(31,5)6)17-32(21)41-37(47)35-34(22(2)44)33(19-40-24(4)46)49-43(35)20-26-11-10-12-30(36(26)48-9)27-13-25(18-39-23(3)45)14-29(15-27)42(7)8/h10-15,21-22,28,31-35,44H,16-20H2,1-9H3,(H,39,45)(H,40,46)(H,41,47)/t21-,22-,28+,31-,32-,33-,34?,35-/m0/s1. The van der Waals surface area contributed by atoms with Crippen molar-refractivity contribution in [1.82, 2.24) is 21.0 Å².